The monoisotopic (exact) mass is 357 g/mol. The molecule has 0 unspecified atom stereocenters. The SMILES string of the molecule is C[C@H]1CC[C@H](C)[C@H](NC(=O)c2ccc(I)cc2)C1. The third-order valence-corrected chi connectivity index (χ3v) is 4.60. The van der Waals surface area contributed by atoms with Crippen LogP contribution in [0.3, 0.4) is 0 Å². The lowest BCUT2D eigenvalue weighted by molar-refractivity contribution is 0.0898. The number of amides is 1. The first-order valence-electron chi connectivity index (χ1n) is 6.62. The lowest BCUT2D eigenvalue weighted by Crippen LogP contribution is -2.42. The van der Waals surface area contributed by atoms with Gasteiger partial charge in [0, 0.05) is 15.2 Å². The molecule has 1 N–H and O–H groups in total. The zero-order valence-corrected chi connectivity index (χ0v) is 13.1. The predicted octanol–water partition coefficient (Wildman–Crippen LogP) is 3.85. The van der Waals surface area contributed by atoms with E-state index in [1.54, 1.807) is 0 Å². The highest BCUT2D eigenvalue weighted by molar-refractivity contribution is 14.1. The Bertz CT molecular complexity index is 415. The summed E-state index contributed by atoms with van der Waals surface area (Å²) in [6.07, 6.45) is 3.62. The van der Waals surface area contributed by atoms with Gasteiger partial charge in [0.1, 0.15) is 0 Å². The highest BCUT2D eigenvalue weighted by atomic mass is 127. The fourth-order valence-corrected chi connectivity index (χ4v) is 2.95. The number of nitrogens with one attached hydrogen (secondary N) is 1. The molecular weight excluding hydrogens is 337 g/mol. The molecule has 1 aliphatic carbocycles. The summed E-state index contributed by atoms with van der Waals surface area (Å²) >= 11 is 2.25. The normalized spacial score (nSPS) is 27.8. The summed E-state index contributed by atoms with van der Waals surface area (Å²) in [5.74, 6) is 1.38. The molecule has 2 nitrogen and oxygen atoms in total. The fraction of sp³-hybridized carbons (Fsp3) is 0.533. The Morgan fingerprint density at radius 1 is 1.22 bits per heavy atom. The van der Waals surface area contributed by atoms with Crippen molar-refractivity contribution in [2.24, 2.45) is 11.8 Å². The number of benzene rings is 1. The molecule has 98 valence electrons. The molecular formula is C15H20INO. The zero-order chi connectivity index (χ0) is 13.1. The lowest BCUT2D eigenvalue weighted by Gasteiger charge is -2.33. The molecule has 18 heavy (non-hydrogen) atoms. The Balaban J connectivity index is 2.00. The van der Waals surface area contributed by atoms with Crippen molar-refractivity contribution in [1.29, 1.82) is 0 Å². The molecule has 3 heteroatoms. The van der Waals surface area contributed by atoms with Crippen molar-refractivity contribution in [2.75, 3.05) is 0 Å². The van der Waals surface area contributed by atoms with E-state index in [0.717, 1.165) is 21.5 Å². The van der Waals surface area contributed by atoms with Gasteiger partial charge in [-0.05, 0) is 71.5 Å². The van der Waals surface area contributed by atoms with Gasteiger partial charge in [-0.3, -0.25) is 4.79 Å². The second-order valence-corrected chi connectivity index (χ2v) is 6.73. The lowest BCUT2D eigenvalue weighted by atomic mass is 9.80. The van der Waals surface area contributed by atoms with E-state index < -0.39 is 0 Å². The number of rotatable bonds is 2. The maximum atomic E-state index is 12.2. The number of hydrogen-bond acceptors (Lipinski definition) is 1. The molecule has 3 atom stereocenters. The minimum absolute atomic E-state index is 0.0670. The third kappa shape index (κ3) is 3.46. The minimum atomic E-state index is 0.0670. The van der Waals surface area contributed by atoms with Gasteiger partial charge < -0.3 is 5.32 Å². The maximum absolute atomic E-state index is 12.2. The van der Waals surface area contributed by atoms with Gasteiger partial charge in [-0.25, -0.2) is 0 Å². The van der Waals surface area contributed by atoms with Gasteiger partial charge in [-0.2, -0.15) is 0 Å². The van der Waals surface area contributed by atoms with E-state index in [9.17, 15) is 4.79 Å². The summed E-state index contributed by atoms with van der Waals surface area (Å²) in [5.41, 5.74) is 0.765. The summed E-state index contributed by atoms with van der Waals surface area (Å²) in [6.45, 7) is 4.51. The Labute approximate surface area is 123 Å². The zero-order valence-electron chi connectivity index (χ0n) is 10.9. The van der Waals surface area contributed by atoms with Crippen molar-refractivity contribution in [3.05, 3.63) is 33.4 Å². The molecule has 0 saturated heterocycles. The van der Waals surface area contributed by atoms with Crippen molar-refractivity contribution in [1.82, 2.24) is 5.32 Å². The molecule has 1 aliphatic rings. The summed E-state index contributed by atoms with van der Waals surface area (Å²) in [6, 6.07) is 8.08. The first-order valence-corrected chi connectivity index (χ1v) is 7.70. The highest BCUT2D eigenvalue weighted by Crippen LogP contribution is 2.28. The van der Waals surface area contributed by atoms with Crippen LogP contribution in [0.2, 0.25) is 0 Å². The van der Waals surface area contributed by atoms with Crippen molar-refractivity contribution >= 4 is 28.5 Å². The first-order chi connectivity index (χ1) is 8.56. The standard InChI is InChI=1S/C15H20INO/c1-10-3-4-11(2)14(9-10)17-15(18)12-5-7-13(16)8-6-12/h5-8,10-11,14H,3-4,9H2,1-2H3,(H,17,18)/t10-,11-,14+/m0/s1. The molecule has 1 aromatic carbocycles. The van der Waals surface area contributed by atoms with Crippen LogP contribution in [-0.4, -0.2) is 11.9 Å². The molecule has 1 fully saturated rings. The maximum Gasteiger partial charge on any atom is 0.251 e. The number of carbonyl (C=O) groups excluding carboxylic acids is 1. The Kier molecular flexibility index (Phi) is 4.65. The molecule has 0 aromatic heterocycles. The third-order valence-electron chi connectivity index (χ3n) is 3.88. The van der Waals surface area contributed by atoms with E-state index in [4.69, 9.17) is 0 Å². The van der Waals surface area contributed by atoms with Crippen molar-refractivity contribution in [3.63, 3.8) is 0 Å². The molecule has 0 spiro atoms. The smallest absolute Gasteiger partial charge is 0.251 e. The van der Waals surface area contributed by atoms with Crippen LogP contribution in [0.15, 0.2) is 24.3 Å². The van der Waals surface area contributed by atoms with Crippen LogP contribution in [0, 0.1) is 15.4 Å². The van der Waals surface area contributed by atoms with Gasteiger partial charge in [0.05, 0.1) is 0 Å². The summed E-state index contributed by atoms with van der Waals surface area (Å²) in [4.78, 5) is 12.2. The Morgan fingerprint density at radius 3 is 2.56 bits per heavy atom. The van der Waals surface area contributed by atoms with Gasteiger partial charge >= 0.3 is 0 Å². The van der Waals surface area contributed by atoms with Gasteiger partial charge in [0.15, 0.2) is 0 Å². The van der Waals surface area contributed by atoms with E-state index >= 15 is 0 Å². The second kappa shape index (κ2) is 6.04. The fourth-order valence-electron chi connectivity index (χ4n) is 2.59. The number of carbonyl (C=O) groups is 1. The van der Waals surface area contributed by atoms with E-state index in [1.807, 2.05) is 24.3 Å². The number of hydrogen-bond donors (Lipinski definition) is 1. The van der Waals surface area contributed by atoms with E-state index in [1.165, 1.54) is 12.8 Å². The van der Waals surface area contributed by atoms with Crippen molar-refractivity contribution in [2.45, 2.75) is 39.2 Å². The van der Waals surface area contributed by atoms with E-state index in [-0.39, 0.29) is 5.91 Å². The summed E-state index contributed by atoms with van der Waals surface area (Å²) in [7, 11) is 0. The highest BCUT2D eigenvalue weighted by Gasteiger charge is 2.26. The molecule has 1 aromatic rings. The molecule has 0 heterocycles. The average Bonchev–Trinajstić information content (AvgIpc) is 2.34. The van der Waals surface area contributed by atoms with Gasteiger partial charge in [-0.15, -0.1) is 0 Å². The van der Waals surface area contributed by atoms with Crippen molar-refractivity contribution in [3.8, 4) is 0 Å². The van der Waals surface area contributed by atoms with Crippen LogP contribution >= 0.6 is 22.6 Å². The van der Waals surface area contributed by atoms with Gasteiger partial charge in [0.2, 0.25) is 0 Å². The minimum Gasteiger partial charge on any atom is -0.349 e. The van der Waals surface area contributed by atoms with Crippen LogP contribution in [0.5, 0.6) is 0 Å². The van der Waals surface area contributed by atoms with Gasteiger partial charge in [0.25, 0.3) is 5.91 Å². The van der Waals surface area contributed by atoms with Crippen LogP contribution in [0.25, 0.3) is 0 Å². The van der Waals surface area contributed by atoms with E-state index in [0.29, 0.717) is 12.0 Å². The first kappa shape index (κ1) is 13.8. The summed E-state index contributed by atoms with van der Waals surface area (Å²) in [5, 5.41) is 3.19. The molecule has 1 amide bonds. The Hall–Kier alpha value is -0.580. The van der Waals surface area contributed by atoms with Crippen molar-refractivity contribution < 1.29 is 4.79 Å². The topological polar surface area (TPSA) is 29.1 Å². The van der Waals surface area contributed by atoms with E-state index in [2.05, 4.69) is 41.8 Å². The molecule has 0 radical (unpaired) electrons. The Morgan fingerprint density at radius 2 is 1.89 bits per heavy atom. The van der Waals surface area contributed by atoms with Crippen LogP contribution in [-0.2, 0) is 0 Å². The second-order valence-electron chi connectivity index (χ2n) is 5.48. The molecule has 1 saturated carbocycles. The van der Waals surface area contributed by atoms with Crippen LogP contribution in [0.4, 0.5) is 0 Å². The number of halogens is 1. The summed E-state index contributed by atoms with van der Waals surface area (Å²) < 4.78 is 1.16. The average molecular weight is 357 g/mol. The van der Waals surface area contributed by atoms with Crippen LogP contribution < -0.4 is 5.32 Å². The molecule has 2 rings (SSSR count). The largest absolute Gasteiger partial charge is 0.349 e. The molecule has 0 aliphatic heterocycles. The molecule has 0 bridgehead atoms. The predicted molar refractivity (Wildman–Crippen MR) is 82.6 cm³/mol. The van der Waals surface area contributed by atoms with Gasteiger partial charge in [-0.1, -0.05) is 20.3 Å². The quantitative estimate of drug-likeness (QED) is 0.801. The van der Waals surface area contributed by atoms with Crippen LogP contribution in [0.1, 0.15) is 43.5 Å².